The third-order valence-corrected chi connectivity index (χ3v) is 2.98. The summed E-state index contributed by atoms with van der Waals surface area (Å²) < 4.78 is 0. The van der Waals surface area contributed by atoms with Crippen LogP contribution in [0.1, 0.15) is 5.69 Å². The molecular formula is C10H13ClN2O3. The molecule has 0 bridgehead atoms. The SMILES string of the molecule is OCc1nc(N2CC(O)C(O)C2)ccc1Cl. The van der Waals surface area contributed by atoms with Crippen LogP contribution in [0.3, 0.4) is 0 Å². The zero-order valence-corrected chi connectivity index (χ0v) is 9.30. The van der Waals surface area contributed by atoms with Crippen LogP contribution in [0.25, 0.3) is 0 Å². The Kier molecular flexibility index (Phi) is 3.30. The minimum absolute atomic E-state index is 0.231. The smallest absolute Gasteiger partial charge is 0.129 e. The zero-order chi connectivity index (χ0) is 11.7. The molecule has 0 aliphatic carbocycles. The molecule has 0 aromatic carbocycles. The lowest BCUT2D eigenvalue weighted by Crippen LogP contribution is -2.22. The van der Waals surface area contributed by atoms with Gasteiger partial charge in [-0.25, -0.2) is 4.98 Å². The normalized spacial score (nSPS) is 25.1. The summed E-state index contributed by atoms with van der Waals surface area (Å²) in [5.41, 5.74) is 0.398. The van der Waals surface area contributed by atoms with Gasteiger partial charge in [-0.05, 0) is 12.1 Å². The highest BCUT2D eigenvalue weighted by molar-refractivity contribution is 6.31. The van der Waals surface area contributed by atoms with Crippen molar-refractivity contribution in [3.05, 3.63) is 22.8 Å². The number of hydrogen-bond donors (Lipinski definition) is 3. The number of pyridine rings is 1. The van der Waals surface area contributed by atoms with E-state index in [1.807, 2.05) is 0 Å². The molecule has 2 heterocycles. The predicted octanol–water partition coefficient (Wildman–Crippen LogP) is -0.231. The van der Waals surface area contributed by atoms with Crippen molar-refractivity contribution in [3.63, 3.8) is 0 Å². The van der Waals surface area contributed by atoms with Gasteiger partial charge >= 0.3 is 0 Å². The summed E-state index contributed by atoms with van der Waals surface area (Å²) in [5, 5.41) is 28.3. The number of aliphatic hydroxyl groups excluding tert-OH is 3. The van der Waals surface area contributed by atoms with Gasteiger partial charge in [-0.15, -0.1) is 0 Å². The van der Waals surface area contributed by atoms with Gasteiger partial charge in [-0.3, -0.25) is 0 Å². The van der Waals surface area contributed by atoms with Crippen LogP contribution in [0.15, 0.2) is 12.1 Å². The Labute approximate surface area is 97.9 Å². The maximum absolute atomic E-state index is 9.42. The van der Waals surface area contributed by atoms with Gasteiger partial charge in [0.15, 0.2) is 0 Å². The highest BCUT2D eigenvalue weighted by Gasteiger charge is 2.30. The van der Waals surface area contributed by atoms with E-state index in [-0.39, 0.29) is 6.61 Å². The van der Waals surface area contributed by atoms with Crippen molar-refractivity contribution in [2.75, 3.05) is 18.0 Å². The number of rotatable bonds is 2. The van der Waals surface area contributed by atoms with E-state index in [0.717, 1.165) is 0 Å². The fourth-order valence-corrected chi connectivity index (χ4v) is 1.88. The monoisotopic (exact) mass is 244 g/mol. The highest BCUT2D eigenvalue weighted by Crippen LogP contribution is 2.22. The standard InChI is InChI=1S/C10H13ClN2O3/c11-6-1-2-10(12-7(6)5-14)13-3-8(15)9(16)4-13/h1-2,8-9,14-16H,3-5H2. The number of nitrogens with zero attached hydrogens (tertiary/aromatic N) is 2. The van der Waals surface area contributed by atoms with Crippen LogP contribution < -0.4 is 4.90 Å². The van der Waals surface area contributed by atoms with E-state index in [0.29, 0.717) is 29.6 Å². The molecule has 2 unspecified atom stereocenters. The van der Waals surface area contributed by atoms with Gasteiger partial charge < -0.3 is 20.2 Å². The second-order valence-electron chi connectivity index (χ2n) is 3.80. The summed E-state index contributed by atoms with van der Waals surface area (Å²) in [6, 6.07) is 3.35. The molecule has 1 saturated heterocycles. The molecule has 2 atom stereocenters. The van der Waals surface area contributed by atoms with Gasteiger partial charge in [0.05, 0.1) is 29.5 Å². The molecule has 88 valence electrons. The average molecular weight is 245 g/mol. The molecule has 1 aromatic heterocycles. The van der Waals surface area contributed by atoms with E-state index in [2.05, 4.69) is 4.98 Å². The minimum Gasteiger partial charge on any atom is -0.390 e. The Hall–Kier alpha value is -0.880. The van der Waals surface area contributed by atoms with Crippen molar-refractivity contribution in [3.8, 4) is 0 Å². The van der Waals surface area contributed by atoms with Crippen LogP contribution in [0, 0.1) is 0 Å². The van der Waals surface area contributed by atoms with Gasteiger partial charge in [0.25, 0.3) is 0 Å². The van der Waals surface area contributed by atoms with E-state index < -0.39 is 12.2 Å². The predicted molar refractivity (Wildman–Crippen MR) is 59.4 cm³/mol. The molecule has 6 heteroatoms. The Balaban J connectivity index is 2.22. The first-order valence-electron chi connectivity index (χ1n) is 4.99. The maximum Gasteiger partial charge on any atom is 0.129 e. The van der Waals surface area contributed by atoms with Crippen molar-refractivity contribution in [1.82, 2.24) is 4.98 Å². The van der Waals surface area contributed by atoms with E-state index in [9.17, 15) is 10.2 Å². The van der Waals surface area contributed by atoms with Crippen LogP contribution >= 0.6 is 11.6 Å². The van der Waals surface area contributed by atoms with E-state index in [1.165, 1.54) is 0 Å². The van der Waals surface area contributed by atoms with E-state index in [1.54, 1.807) is 17.0 Å². The first-order chi connectivity index (χ1) is 7.61. The Morgan fingerprint density at radius 3 is 2.50 bits per heavy atom. The lowest BCUT2D eigenvalue weighted by Gasteiger charge is -2.17. The molecule has 2 rings (SSSR count). The quantitative estimate of drug-likeness (QED) is 0.670. The molecule has 16 heavy (non-hydrogen) atoms. The molecular weight excluding hydrogens is 232 g/mol. The maximum atomic E-state index is 9.42. The lowest BCUT2D eigenvalue weighted by molar-refractivity contribution is 0.0572. The number of aromatic nitrogens is 1. The molecule has 3 N–H and O–H groups in total. The van der Waals surface area contributed by atoms with Crippen molar-refractivity contribution in [2.24, 2.45) is 0 Å². The van der Waals surface area contributed by atoms with Crippen LogP contribution in [-0.4, -0.2) is 45.6 Å². The van der Waals surface area contributed by atoms with Gasteiger partial charge in [-0.2, -0.15) is 0 Å². The summed E-state index contributed by atoms with van der Waals surface area (Å²) in [4.78, 5) is 5.92. The fraction of sp³-hybridized carbons (Fsp3) is 0.500. The van der Waals surface area contributed by atoms with Gasteiger partial charge in [0, 0.05) is 13.1 Å². The lowest BCUT2D eigenvalue weighted by atomic mass is 10.3. The average Bonchev–Trinajstić information content (AvgIpc) is 2.60. The summed E-state index contributed by atoms with van der Waals surface area (Å²) in [6.45, 7) is 0.437. The number of anilines is 1. The Morgan fingerprint density at radius 1 is 1.31 bits per heavy atom. The summed E-state index contributed by atoms with van der Waals surface area (Å²) in [6.07, 6.45) is -1.51. The largest absolute Gasteiger partial charge is 0.390 e. The molecule has 5 nitrogen and oxygen atoms in total. The first kappa shape index (κ1) is 11.6. The molecule has 0 radical (unpaired) electrons. The number of aliphatic hydroxyl groups is 3. The van der Waals surface area contributed by atoms with Gasteiger partial charge in [-0.1, -0.05) is 11.6 Å². The molecule has 1 aliphatic heterocycles. The van der Waals surface area contributed by atoms with Crippen molar-refractivity contribution >= 4 is 17.4 Å². The zero-order valence-electron chi connectivity index (χ0n) is 8.54. The van der Waals surface area contributed by atoms with Crippen LogP contribution in [0.5, 0.6) is 0 Å². The van der Waals surface area contributed by atoms with E-state index >= 15 is 0 Å². The van der Waals surface area contributed by atoms with Crippen molar-refractivity contribution in [2.45, 2.75) is 18.8 Å². The highest BCUT2D eigenvalue weighted by atomic mass is 35.5. The molecule has 0 spiro atoms. The minimum atomic E-state index is -0.755. The Bertz CT molecular complexity index is 378. The van der Waals surface area contributed by atoms with E-state index in [4.69, 9.17) is 16.7 Å². The van der Waals surface area contributed by atoms with Gasteiger partial charge in [0.1, 0.15) is 5.82 Å². The van der Waals surface area contributed by atoms with Crippen molar-refractivity contribution < 1.29 is 15.3 Å². The topological polar surface area (TPSA) is 76.8 Å². The molecule has 1 fully saturated rings. The molecule has 1 aromatic rings. The molecule has 1 aliphatic rings. The van der Waals surface area contributed by atoms with Crippen molar-refractivity contribution in [1.29, 1.82) is 0 Å². The fourth-order valence-electron chi connectivity index (χ4n) is 1.72. The van der Waals surface area contributed by atoms with Gasteiger partial charge in [0.2, 0.25) is 0 Å². The molecule has 0 amide bonds. The number of β-amino-alcohol motifs (C(OH)–C–C–N with tert-alkyl or cyclic N) is 2. The number of halogens is 1. The van der Waals surface area contributed by atoms with Crippen LogP contribution in [0.2, 0.25) is 5.02 Å². The Morgan fingerprint density at radius 2 is 1.94 bits per heavy atom. The van der Waals surface area contributed by atoms with Crippen LogP contribution in [-0.2, 0) is 6.61 Å². The number of hydrogen-bond acceptors (Lipinski definition) is 5. The summed E-state index contributed by atoms with van der Waals surface area (Å²) in [7, 11) is 0. The third-order valence-electron chi connectivity index (χ3n) is 2.64. The summed E-state index contributed by atoms with van der Waals surface area (Å²) >= 11 is 5.82. The second-order valence-corrected chi connectivity index (χ2v) is 4.20. The third kappa shape index (κ3) is 2.12. The molecule has 0 saturated carbocycles. The second kappa shape index (κ2) is 4.55. The summed E-state index contributed by atoms with van der Waals surface area (Å²) in [5.74, 6) is 0.601. The first-order valence-corrected chi connectivity index (χ1v) is 5.37. The van der Waals surface area contributed by atoms with Crippen LogP contribution in [0.4, 0.5) is 5.82 Å².